The van der Waals surface area contributed by atoms with Gasteiger partial charge in [0.15, 0.2) is 9.84 Å². The summed E-state index contributed by atoms with van der Waals surface area (Å²) in [6.45, 7) is 0.392. The van der Waals surface area contributed by atoms with E-state index in [4.69, 9.17) is 0 Å². The van der Waals surface area contributed by atoms with Crippen LogP contribution in [0, 0.1) is 0 Å². The van der Waals surface area contributed by atoms with Crippen LogP contribution in [0.5, 0.6) is 0 Å². The van der Waals surface area contributed by atoms with Crippen molar-refractivity contribution < 1.29 is 13.2 Å². The van der Waals surface area contributed by atoms with Gasteiger partial charge in [-0.1, -0.05) is 12.1 Å². The van der Waals surface area contributed by atoms with Crippen LogP contribution >= 0.6 is 0 Å². The molecule has 25 heavy (non-hydrogen) atoms. The minimum atomic E-state index is -3.02. The molecule has 0 saturated carbocycles. The Morgan fingerprint density at radius 3 is 2.88 bits per heavy atom. The fourth-order valence-corrected chi connectivity index (χ4v) is 4.62. The first-order valence-corrected chi connectivity index (χ1v) is 9.81. The van der Waals surface area contributed by atoms with E-state index in [2.05, 4.69) is 15.3 Å². The second-order valence-corrected chi connectivity index (χ2v) is 8.60. The van der Waals surface area contributed by atoms with Crippen molar-refractivity contribution in [1.82, 2.24) is 20.2 Å². The summed E-state index contributed by atoms with van der Waals surface area (Å²) in [5.74, 6) is 0.355. The van der Waals surface area contributed by atoms with Crippen molar-refractivity contribution in [3.8, 4) is 0 Å². The van der Waals surface area contributed by atoms with Crippen molar-refractivity contribution >= 4 is 26.6 Å². The number of carbonyl (C=O) groups excluding carboxylic acids is 1. The summed E-state index contributed by atoms with van der Waals surface area (Å²) in [5.41, 5.74) is 0.393. The van der Waals surface area contributed by atoms with Crippen LogP contribution in [-0.4, -0.2) is 60.3 Å². The molecule has 8 nitrogen and oxygen atoms in total. The first-order chi connectivity index (χ1) is 11.8. The number of likely N-dealkylation sites (N-methyl/N-ethyl adjacent to an activating group) is 1. The van der Waals surface area contributed by atoms with Crippen molar-refractivity contribution in [2.45, 2.75) is 19.0 Å². The van der Waals surface area contributed by atoms with E-state index in [9.17, 15) is 18.0 Å². The monoisotopic (exact) mass is 364 g/mol. The Bertz CT molecular complexity index is 954. The van der Waals surface area contributed by atoms with Gasteiger partial charge in [0, 0.05) is 6.04 Å². The highest BCUT2D eigenvalue weighted by atomic mass is 32.2. The molecule has 3 rings (SSSR count). The third-order valence-corrected chi connectivity index (χ3v) is 5.86. The van der Waals surface area contributed by atoms with Gasteiger partial charge < -0.3 is 10.3 Å². The number of fused-ring (bicyclic) bond motifs is 1. The molecule has 0 radical (unpaired) electrons. The van der Waals surface area contributed by atoms with Crippen LogP contribution in [-0.2, 0) is 21.2 Å². The molecule has 1 amide bonds. The molecule has 0 spiro atoms. The Hall–Kier alpha value is -2.26. The normalized spacial score (nSPS) is 19.4. The average molecular weight is 364 g/mol. The Morgan fingerprint density at radius 2 is 2.16 bits per heavy atom. The summed E-state index contributed by atoms with van der Waals surface area (Å²) >= 11 is 0. The summed E-state index contributed by atoms with van der Waals surface area (Å²) < 4.78 is 22.8. The zero-order valence-corrected chi connectivity index (χ0v) is 14.7. The number of H-pyrrole nitrogens is 1. The van der Waals surface area contributed by atoms with Crippen molar-refractivity contribution in [3.63, 3.8) is 0 Å². The smallest absolute Gasteiger partial charge is 0.258 e. The molecule has 1 saturated heterocycles. The van der Waals surface area contributed by atoms with E-state index < -0.39 is 9.84 Å². The highest BCUT2D eigenvalue weighted by molar-refractivity contribution is 7.91. The fraction of sp³-hybridized carbons (Fsp3) is 0.438. The molecule has 1 aliphatic heterocycles. The SMILES string of the molecule is CN(CC(=O)NC1CCS(=O)(=O)C1)Cc1nc2ccccc2c(=O)[nH]1. The van der Waals surface area contributed by atoms with Crippen molar-refractivity contribution in [3.05, 3.63) is 40.4 Å². The van der Waals surface area contributed by atoms with Crippen LogP contribution in [0.2, 0.25) is 0 Å². The van der Waals surface area contributed by atoms with Crippen molar-refractivity contribution in [2.75, 3.05) is 25.1 Å². The number of nitrogens with one attached hydrogen (secondary N) is 2. The van der Waals surface area contributed by atoms with E-state index in [1.807, 2.05) is 6.07 Å². The fourth-order valence-electron chi connectivity index (χ4n) is 2.95. The number of rotatable bonds is 5. The number of nitrogens with zero attached hydrogens (tertiary/aromatic N) is 2. The van der Waals surface area contributed by atoms with Crippen molar-refractivity contribution in [2.24, 2.45) is 0 Å². The first kappa shape index (κ1) is 17.6. The van der Waals surface area contributed by atoms with Gasteiger partial charge in [-0.15, -0.1) is 0 Å². The molecule has 1 fully saturated rings. The number of amides is 1. The molecule has 1 aromatic carbocycles. The number of aromatic nitrogens is 2. The lowest BCUT2D eigenvalue weighted by molar-refractivity contribution is -0.122. The van der Waals surface area contributed by atoms with Crippen LogP contribution in [0.4, 0.5) is 0 Å². The van der Waals surface area contributed by atoms with E-state index in [1.165, 1.54) is 0 Å². The van der Waals surface area contributed by atoms with Gasteiger partial charge in [-0.2, -0.15) is 0 Å². The van der Waals surface area contributed by atoms with E-state index in [0.29, 0.717) is 29.7 Å². The predicted molar refractivity (Wildman–Crippen MR) is 93.9 cm³/mol. The molecular formula is C16H20N4O4S. The van der Waals surface area contributed by atoms with Gasteiger partial charge in [0.2, 0.25) is 5.91 Å². The molecule has 0 aliphatic carbocycles. The van der Waals surface area contributed by atoms with Crippen molar-refractivity contribution in [1.29, 1.82) is 0 Å². The van der Waals surface area contributed by atoms with Crippen LogP contribution < -0.4 is 10.9 Å². The predicted octanol–water partition coefficient (Wildman–Crippen LogP) is -0.342. The zero-order chi connectivity index (χ0) is 18.0. The molecule has 1 aliphatic rings. The lowest BCUT2D eigenvalue weighted by Crippen LogP contribution is -2.41. The third-order valence-electron chi connectivity index (χ3n) is 4.09. The highest BCUT2D eigenvalue weighted by Gasteiger charge is 2.29. The third kappa shape index (κ3) is 4.43. The van der Waals surface area contributed by atoms with Gasteiger partial charge in [-0.25, -0.2) is 13.4 Å². The molecule has 1 atom stereocenters. The Kier molecular flexibility index (Phi) is 4.87. The highest BCUT2D eigenvalue weighted by Crippen LogP contribution is 2.11. The topological polar surface area (TPSA) is 112 Å². The van der Waals surface area contributed by atoms with Crippen LogP contribution in [0.15, 0.2) is 29.1 Å². The molecule has 1 aromatic heterocycles. The molecule has 9 heteroatoms. The molecule has 134 valence electrons. The molecule has 1 unspecified atom stereocenters. The molecule has 2 heterocycles. The lowest BCUT2D eigenvalue weighted by atomic mass is 10.2. The molecule has 0 bridgehead atoms. The van der Waals surface area contributed by atoms with Crippen LogP contribution in [0.25, 0.3) is 10.9 Å². The molecular weight excluding hydrogens is 344 g/mol. The van der Waals surface area contributed by atoms with Gasteiger partial charge in [-0.3, -0.25) is 14.5 Å². The van der Waals surface area contributed by atoms with Gasteiger partial charge >= 0.3 is 0 Å². The Labute approximate surface area is 145 Å². The number of para-hydroxylation sites is 1. The number of aromatic amines is 1. The second kappa shape index (κ2) is 6.93. The van der Waals surface area contributed by atoms with E-state index in [0.717, 1.165) is 0 Å². The van der Waals surface area contributed by atoms with Gasteiger partial charge in [0.25, 0.3) is 5.56 Å². The van der Waals surface area contributed by atoms with Gasteiger partial charge in [0.05, 0.1) is 35.5 Å². The largest absolute Gasteiger partial charge is 0.351 e. The summed E-state index contributed by atoms with van der Waals surface area (Å²) in [4.78, 5) is 32.9. The van der Waals surface area contributed by atoms with Crippen LogP contribution in [0.3, 0.4) is 0 Å². The minimum absolute atomic E-state index is 0.00199. The summed E-state index contributed by atoms with van der Waals surface area (Å²) in [5, 5.41) is 3.26. The number of benzene rings is 1. The van der Waals surface area contributed by atoms with Crippen LogP contribution in [0.1, 0.15) is 12.2 Å². The number of carbonyl (C=O) groups is 1. The quantitative estimate of drug-likeness (QED) is 0.751. The minimum Gasteiger partial charge on any atom is -0.351 e. The standard InChI is InChI=1S/C16H20N4O4S/c1-20(9-15(21)17-11-6-7-25(23,24)10-11)8-14-18-13-5-3-2-4-12(13)16(22)19-14/h2-5,11H,6-10H2,1H3,(H,17,21)(H,18,19,22). The number of sulfone groups is 1. The first-order valence-electron chi connectivity index (χ1n) is 7.99. The Morgan fingerprint density at radius 1 is 1.40 bits per heavy atom. The summed E-state index contributed by atoms with van der Waals surface area (Å²) in [6.07, 6.45) is 0.456. The Balaban J connectivity index is 1.60. The second-order valence-electron chi connectivity index (χ2n) is 6.37. The number of hydrogen-bond acceptors (Lipinski definition) is 6. The van der Waals surface area contributed by atoms with E-state index in [-0.39, 0.29) is 35.6 Å². The summed E-state index contributed by atoms with van der Waals surface area (Å²) in [6, 6.07) is 6.74. The maximum Gasteiger partial charge on any atom is 0.258 e. The summed E-state index contributed by atoms with van der Waals surface area (Å²) in [7, 11) is -1.29. The molecule has 2 N–H and O–H groups in total. The maximum atomic E-state index is 12.1. The zero-order valence-electron chi connectivity index (χ0n) is 13.9. The van der Waals surface area contributed by atoms with Gasteiger partial charge in [-0.05, 0) is 25.6 Å². The van der Waals surface area contributed by atoms with E-state index >= 15 is 0 Å². The number of hydrogen-bond donors (Lipinski definition) is 2. The average Bonchev–Trinajstić information content (AvgIpc) is 2.85. The lowest BCUT2D eigenvalue weighted by Gasteiger charge is -2.17. The van der Waals surface area contributed by atoms with E-state index in [1.54, 1.807) is 30.1 Å². The molecule has 2 aromatic rings. The van der Waals surface area contributed by atoms with Gasteiger partial charge in [0.1, 0.15) is 5.82 Å². The maximum absolute atomic E-state index is 12.1.